The minimum absolute atomic E-state index is 0.337. The highest BCUT2D eigenvalue weighted by atomic mass is 19.1. The van der Waals surface area contributed by atoms with Crippen LogP contribution in [0.5, 0.6) is 0 Å². The molecule has 1 atom stereocenters. The summed E-state index contributed by atoms with van der Waals surface area (Å²) in [6.45, 7) is 0.935. The number of hydrogen-bond donors (Lipinski definition) is 1. The molecule has 0 aromatic heterocycles. The Bertz CT molecular complexity index is 273. The van der Waals surface area contributed by atoms with E-state index in [1.807, 2.05) is 0 Å². The summed E-state index contributed by atoms with van der Waals surface area (Å²) in [5.74, 6) is -0.337. The first-order valence-electron chi connectivity index (χ1n) is 3.73. The van der Waals surface area contributed by atoms with Gasteiger partial charge in [-0.15, -0.1) is 0 Å². The summed E-state index contributed by atoms with van der Waals surface area (Å²) >= 11 is 0. The molecular formula is C9H11F2N. The Morgan fingerprint density at radius 2 is 2.17 bits per heavy atom. The molecule has 0 spiro atoms. The highest BCUT2D eigenvalue weighted by Gasteiger charge is 2.10. The fourth-order valence-electron chi connectivity index (χ4n) is 1.11. The summed E-state index contributed by atoms with van der Waals surface area (Å²) < 4.78 is 25.0. The molecule has 1 unspecified atom stereocenters. The molecule has 0 amide bonds. The van der Waals surface area contributed by atoms with Gasteiger partial charge in [0, 0.05) is 0 Å². The smallest absolute Gasteiger partial charge is 0.126 e. The predicted molar refractivity (Wildman–Crippen MR) is 44.0 cm³/mol. The Morgan fingerprint density at radius 1 is 1.50 bits per heavy atom. The average Bonchev–Trinajstić information content (AvgIpc) is 2.08. The highest BCUT2D eigenvalue weighted by molar-refractivity contribution is 5.29. The first-order valence-corrected chi connectivity index (χ1v) is 3.73. The van der Waals surface area contributed by atoms with E-state index in [4.69, 9.17) is 5.73 Å². The molecule has 1 rings (SSSR count). The van der Waals surface area contributed by atoms with Crippen molar-refractivity contribution in [3.8, 4) is 0 Å². The van der Waals surface area contributed by atoms with Gasteiger partial charge in [0.05, 0.1) is 6.04 Å². The Morgan fingerprint density at radius 3 is 2.75 bits per heavy atom. The van der Waals surface area contributed by atoms with Crippen LogP contribution in [0.4, 0.5) is 8.78 Å². The van der Waals surface area contributed by atoms with Crippen molar-refractivity contribution in [1.29, 1.82) is 0 Å². The molecule has 0 aliphatic carbocycles. The average molecular weight is 171 g/mol. The van der Waals surface area contributed by atoms with Crippen molar-refractivity contribution >= 4 is 0 Å². The van der Waals surface area contributed by atoms with Crippen molar-refractivity contribution in [1.82, 2.24) is 0 Å². The Kier molecular flexibility index (Phi) is 2.76. The second kappa shape index (κ2) is 3.63. The summed E-state index contributed by atoms with van der Waals surface area (Å²) in [5, 5.41) is 0. The third-order valence-corrected chi connectivity index (χ3v) is 1.88. The first-order chi connectivity index (χ1) is 5.66. The van der Waals surface area contributed by atoms with Crippen LogP contribution < -0.4 is 5.73 Å². The topological polar surface area (TPSA) is 26.0 Å². The lowest BCUT2D eigenvalue weighted by Crippen LogP contribution is -2.14. The van der Waals surface area contributed by atoms with Crippen molar-refractivity contribution in [2.24, 2.45) is 5.73 Å². The van der Waals surface area contributed by atoms with E-state index in [0.717, 1.165) is 0 Å². The minimum Gasteiger partial charge on any atom is -0.322 e. The number of rotatable bonds is 2. The molecule has 0 bridgehead atoms. The molecule has 0 heterocycles. The standard InChI is InChI=1S/C9H11F2N/c1-6-7(9(12)5-10)3-2-4-8(6)11/h2-4,9H,5,12H2,1H3. The van der Waals surface area contributed by atoms with E-state index in [1.165, 1.54) is 12.1 Å². The predicted octanol–water partition coefficient (Wildman–Crippen LogP) is 2.10. The molecule has 1 aromatic carbocycles. The van der Waals surface area contributed by atoms with Gasteiger partial charge in [0.15, 0.2) is 0 Å². The quantitative estimate of drug-likeness (QED) is 0.724. The second-order valence-corrected chi connectivity index (χ2v) is 2.71. The maximum absolute atomic E-state index is 12.9. The molecule has 0 saturated carbocycles. The summed E-state index contributed by atoms with van der Waals surface area (Å²) in [5.41, 5.74) is 6.39. The molecule has 0 saturated heterocycles. The molecule has 66 valence electrons. The summed E-state index contributed by atoms with van der Waals surface area (Å²) in [7, 11) is 0. The molecular weight excluding hydrogens is 160 g/mol. The van der Waals surface area contributed by atoms with Crippen LogP contribution in [0, 0.1) is 12.7 Å². The lowest BCUT2D eigenvalue weighted by Gasteiger charge is -2.10. The van der Waals surface area contributed by atoms with Gasteiger partial charge >= 0.3 is 0 Å². The van der Waals surface area contributed by atoms with Crippen molar-refractivity contribution in [3.05, 3.63) is 35.1 Å². The van der Waals surface area contributed by atoms with Gasteiger partial charge in [-0.2, -0.15) is 0 Å². The van der Waals surface area contributed by atoms with Crippen LogP contribution in [0.1, 0.15) is 17.2 Å². The number of nitrogens with two attached hydrogens (primary N) is 1. The lowest BCUT2D eigenvalue weighted by molar-refractivity contribution is 0.434. The number of hydrogen-bond acceptors (Lipinski definition) is 1. The lowest BCUT2D eigenvalue weighted by atomic mass is 10.0. The van der Waals surface area contributed by atoms with Gasteiger partial charge in [0.2, 0.25) is 0 Å². The van der Waals surface area contributed by atoms with Crippen LogP contribution in [0.3, 0.4) is 0 Å². The molecule has 3 heteroatoms. The van der Waals surface area contributed by atoms with E-state index in [2.05, 4.69) is 0 Å². The zero-order chi connectivity index (χ0) is 9.14. The molecule has 0 aliphatic rings. The maximum Gasteiger partial charge on any atom is 0.126 e. The van der Waals surface area contributed by atoms with Crippen LogP contribution in [0.15, 0.2) is 18.2 Å². The maximum atomic E-state index is 12.9. The van der Waals surface area contributed by atoms with E-state index < -0.39 is 12.7 Å². The number of halogens is 2. The zero-order valence-electron chi connectivity index (χ0n) is 6.85. The van der Waals surface area contributed by atoms with Gasteiger partial charge in [0.25, 0.3) is 0 Å². The van der Waals surface area contributed by atoms with Crippen molar-refractivity contribution < 1.29 is 8.78 Å². The first kappa shape index (κ1) is 9.13. The Labute approximate surface area is 70.2 Å². The van der Waals surface area contributed by atoms with Gasteiger partial charge in [-0.1, -0.05) is 12.1 Å². The SMILES string of the molecule is Cc1c(F)cccc1C(N)CF. The molecule has 0 fully saturated rings. The third-order valence-electron chi connectivity index (χ3n) is 1.88. The second-order valence-electron chi connectivity index (χ2n) is 2.71. The van der Waals surface area contributed by atoms with Crippen molar-refractivity contribution in [3.63, 3.8) is 0 Å². The Balaban J connectivity index is 3.07. The fraction of sp³-hybridized carbons (Fsp3) is 0.333. The fourth-order valence-corrected chi connectivity index (χ4v) is 1.11. The van der Waals surface area contributed by atoms with Crippen LogP contribution in [-0.4, -0.2) is 6.67 Å². The zero-order valence-corrected chi connectivity index (χ0v) is 6.85. The number of benzene rings is 1. The van der Waals surface area contributed by atoms with Crippen LogP contribution in [0.2, 0.25) is 0 Å². The summed E-state index contributed by atoms with van der Waals surface area (Å²) in [6, 6.07) is 3.81. The van der Waals surface area contributed by atoms with Gasteiger partial charge in [-0.3, -0.25) is 0 Å². The molecule has 1 aromatic rings. The van der Waals surface area contributed by atoms with E-state index in [9.17, 15) is 8.78 Å². The summed E-state index contributed by atoms with van der Waals surface area (Å²) in [6.07, 6.45) is 0. The third kappa shape index (κ3) is 1.61. The van der Waals surface area contributed by atoms with Crippen LogP contribution in [-0.2, 0) is 0 Å². The highest BCUT2D eigenvalue weighted by Crippen LogP contribution is 2.18. The number of alkyl halides is 1. The van der Waals surface area contributed by atoms with E-state index in [0.29, 0.717) is 11.1 Å². The van der Waals surface area contributed by atoms with E-state index >= 15 is 0 Å². The van der Waals surface area contributed by atoms with E-state index in [1.54, 1.807) is 13.0 Å². The monoisotopic (exact) mass is 171 g/mol. The molecule has 0 aliphatic heterocycles. The van der Waals surface area contributed by atoms with Crippen molar-refractivity contribution in [2.75, 3.05) is 6.67 Å². The van der Waals surface area contributed by atoms with Gasteiger partial charge in [-0.05, 0) is 24.1 Å². The molecule has 1 nitrogen and oxygen atoms in total. The van der Waals surface area contributed by atoms with E-state index in [-0.39, 0.29) is 5.82 Å². The van der Waals surface area contributed by atoms with Crippen LogP contribution in [0.25, 0.3) is 0 Å². The van der Waals surface area contributed by atoms with Crippen LogP contribution >= 0.6 is 0 Å². The summed E-state index contributed by atoms with van der Waals surface area (Å²) in [4.78, 5) is 0. The molecule has 12 heavy (non-hydrogen) atoms. The Hall–Kier alpha value is -0.960. The van der Waals surface area contributed by atoms with Crippen molar-refractivity contribution in [2.45, 2.75) is 13.0 Å². The largest absolute Gasteiger partial charge is 0.322 e. The van der Waals surface area contributed by atoms with Gasteiger partial charge in [-0.25, -0.2) is 8.78 Å². The minimum atomic E-state index is -0.708. The normalized spacial score (nSPS) is 13.0. The van der Waals surface area contributed by atoms with Gasteiger partial charge in [0.1, 0.15) is 12.5 Å². The molecule has 0 radical (unpaired) electrons. The molecule has 2 N–H and O–H groups in total. The van der Waals surface area contributed by atoms with Gasteiger partial charge < -0.3 is 5.73 Å².